The van der Waals surface area contributed by atoms with Crippen molar-refractivity contribution < 1.29 is 12.3 Å². The van der Waals surface area contributed by atoms with Crippen LogP contribution < -0.4 is 0 Å². The van der Waals surface area contributed by atoms with Crippen LogP contribution in [-0.4, -0.2) is 11.8 Å². The molecule has 0 aliphatic carbocycles. The van der Waals surface area contributed by atoms with Crippen molar-refractivity contribution >= 4 is 34.0 Å². The van der Waals surface area contributed by atoms with Gasteiger partial charge in [-0.25, -0.2) is 0 Å². The van der Waals surface area contributed by atoms with Crippen molar-refractivity contribution in [2.24, 2.45) is 0 Å². The summed E-state index contributed by atoms with van der Waals surface area (Å²) in [5.41, 5.74) is 0. The van der Waals surface area contributed by atoms with Crippen LogP contribution in [0.4, 0.5) is 3.89 Å². The van der Waals surface area contributed by atoms with Crippen LogP contribution in [0.25, 0.3) is 0 Å². The molecule has 0 radical (unpaired) electrons. The first-order valence-electron chi connectivity index (χ1n) is 1.01. The Kier molecular flexibility index (Phi) is 2.25. The molecule has 0 N–H and O–H groups in total. The van der Waals surface area contributed by atoms with E-state index in [0.29, 0.717) is 0 Å². The van der Waals surface area contributed by atoms with Crippen molar-refractivity contribution in [2.75, 3.05) is 0 Å². The Morgan fingerprint density at radius 3 is 1.57 bits per heavy atom. The predicted molar refractivity (Wildman–Crippen MR) is 23.6 cm³/mol. The molecule has 0 atom stereocenters. The van der Waals surface area contributed by atoms with Crippen molar-refractivity contribution in [1.82, 2.24) is 3.34 Å². The summed E-state index contributed by atoms with van der Waals surface area (Å²) in [7, 11) is -4.88. The smallest absolute Gasteiger partial charge is 0.174 e. The molecule has 0 rings (SSSR count). The lowest BCUT2D eigenvalue weighted by molar-refractivity contribution is 0.532. The monoisotopic (exact) mass is 167 g/mol. The van der Waals surface area contributed by atoms with Crippen molar-refractivity contribution in [3.05, 3.63) is 0 Å². The minimum Gasteiger partial charge on any atom is -0.174 e. The molecule has 0 bridgehead atoms. The highest BCUT2D eigenvalue weighted by atomic mass is 35.5. The number of nitrogens with zero attached hydrogens (tertiary/aromatic N) is 1. The first kappa shape index (κ1) is 7.42. The fourth-order valence-electron chi connectivity index (χ4n) is 0. The molecule has 0 spiro atoms. The summed E-state index contributed by atoms with van der Waals surface area (Å²) in [5, 5.41) is 0. The van der Waals surface area contributed by atoms with E-state index in [2.05, 4.69) is 23.6 Å². The van der Waals surface area contributed by atoms with E-state index >= 15 is 0 Å². The van der Waals surface area contributed by atoms with Crippen LogP contribution in [0.3, 0.4) is 0 Å². The van der Waals surface area contributed by atoms with Crippen LogP contribution in [0.15, 0.2) is 0 Å². The highest BCUT2D eigenvalue weighted by molar-refractivity contribution is 7.85. The molecule has 0 aromatic rings. The van der Waals surface area contributed by atoms with Gasteiger partial charge in [0.15, 0.2) is 0 Å². The number of rotatable bonds is 1. The molecule has 0 saturated heterocycles. The standard InChI is InChI=1S/Cl2FNO2S/c1-4(2)7(3,5)6. The summed E-state index contributed by atoms with van der Waals surface area (Å²) in [5.74, 6) is 0. The van der Waals surface area contributed by atoms with Gasteiger partial charge >= 0.3 is 10.4 Å². The van der Waals surface area contributed by atoms with Gasteiger partial charge in [0.2, 0.25) is 0 Å². The summed E-state index contributed by atoms with van der Waals surface area (Å²) in [6.07, 6.45) is 0. The van der Waals surface area contributed by atoms with Crippen molar-refractivity contribution in [1.29, 1.82) is 0 Å². The Labute approximate surface area is 50.2 Å². The van der Waals surface area contributed by atoms with E-state index in [9.17, 15) is 12.3 Å². The van der Waals surface area contributed by atoms with Gasteiger partial charge in [0.1, 0.15) is 0 Å². The second-order valence-corrected chi connectivity index (χ2v) is 3.05. The van der Waals surface area contributed by atoms with Crippen molar-refractivity contribution in [3.63, 3.8) is 0 Å². The second-order valence-electron chi connectivity index (χ2n) is 0.614. The Balaban J connectivity index is 4.10. The quantitative estimate of drug-likeness (QED) is 0.429. The maximum Gasteiger partial charge on any atom is 0.402 e. The fourth-order valence-corrected chi connectivity index (χ4v) is 0. The predicted octanol–water partition coefficient (Wildman–Crippen LogP) is 0.810. The summed E-state index contributed by atoms with van der Waals surface area (Å²) in [6.45, 7) is 0. The maximum atomic E-state index is 11.1. The van der Waals surface area contributed by atoms with Crippen LogP contribution in [0.5, 0.6) is 0 Å². The normalized spacial score (nSPS) is 12.6. The SMILES string of the molecule is O=S(=O)(F)N(Cl)Cl. The average molecular weight is 168 g/mol. The molecule has 7 heteroatoms. The van der Waals surface area contributed by atoms with Gasteiger partial charge in [0.05, 0.1) is 0 Å². The molecule has 0 aromatic carbocycles. The van der Waals surface area contributed by atoms with Crippen LogP contribution in [0.2, 0.25) is 0 Å². The lowest BCUT2D eigenvalue weighted by atomic mass is 13.9. The Hall–Kier alpha value is 0.420. The second kappa shape index (κ2) is 2.13. The van der Waals surface area contributed by atoms with E-state index in [4.69, 9.17) is 0 Å². The molecule has 0 amide bonds. The molecule has 7 heavy (non-hydrogen) atoms. The molecule has 44 valence electrons. The summed E-state index contributed by atoms with van der Waals surface area (Å²) in [6, 6.07) is 0. The van der Waals surface area contributed by atoms with Gasteiger partial charge in [-0.1, -0.05) is 3.89 Å². The van der Waals surface area contributed by atoms with E-state index in [1.54, 1.807) is 0 Å². The fraction of sp³-hybridized carbons (Fsp3) is 0. The zero-order valence-corrected chi connectivity index (χ0v) is 5.13. The third-order valence-corrected chi connectivity index (χ3v) is 1.48. The van der Waals surface area contributed by atoms with Gasteiger partial charge in [-0.3, -0.25) is 0 Å². The van der Waals surface area contributed by atoms with Crippen LogP contribution in [0, 0.1) is 0 Å². The summed E-state index contributed by atoms with van der Waals surface area (Å²) >= 11 is 8.78. The third-order valence-electron chi connectivity index (χ3n) is 0.165. The molecule has 0 aromatic heterocycles. The highest BCUT2D eigenvalue weighted by Gasteiger charge is 2.14. The maximum absolute atomic E-state index is 11.1. The third kappa shape index (κ3) is 3.04. The van der Waals surface area contributed by atoms with Crippen LogP contribution in [-0.2, 0) is 10.4 Å². The molecular formula is Cl2FNO2S. The average Bonchev–Trinajstić information content (AvgIpc) is 1.31. The van der Waals surface area contributed by atoms with Gasteiger partial charge in [0, 0.05) is 26.9 Å². The highest BCUT2D eigenvalue weighted by Crippen LogP contribution is 2.08. The van der Waals surface area contributed by atoms with Gasteiger partial charge < -0.3 is 0 Å². The number of halogens is 3. The lowest BCUT2D eigenvalue weighted by Crippen LogP contribution is -2.03. The molecule has 0 heterocycles. The summed E-state index contributed by atoms with van der Waals surface area (Å²) in [4.78, 5) is 0. The molecule has 3 nitrogen and oxygen atoms in total. The number of hydrogen-bond donors (Lipinski definition) is 0. The minimum absolute atomic E-state index is 0.562. The van der Waals surface area contributed by atoms with Crippen LogP contribution in [0.1, 0.15) is 0 Å². The topological polar surface area (TPSA) is 37.4 Å². The zero-order chi connectivity index (χ0) is 6.08. The van der Waals surface area contributed by atoms with E-state index in [0.717, 1.165) is 0 Å². The van der Waals surface area contributed by atoms with Gasteiger partial charge in [-0.15, -0.1) is 0 Å². The van der Waals surface area contributed by atoms with Crippen LogP contribution >= 0.6 is 23.6 Å². The van der Waals surface area contributed by atoms with Gasteiger partial charge in [-0.2, -0.15) is 8.42 Å². The Morgan fingerprint density at radius 1 is 1.43 bits per heavy atom. The first-order valence-corrected chi connectivity index (χ1v) is 3.02. The molecule has 0 unspecified atom stereocenters. The van der Waals surface area contributed by atoms with E-state index < -0.39 is 13.8 Å². The largest absolute Gasteiger partial charge is 0.402 e. The van der Waals surface area contributed by atoms with E-state index in [-0.39, 0.29) is 0 Å². The summed E-state index contributed by atoms with van der Waals surface area (Å²) < 4.78 is 29.2. The van der Waals surface area contributed by atoms with Crippen molar-refractivity contribution in [3.8, 4) is 0 Å². The van der Waals surface area contributed by atoms with Gasteiger partial charge in [-0.05, 0) is 0 Å². The van der Waals surface area contributed by atoms with E-state index in [1.807, 2.05) is 0 Å². The molecule has 0 aliphatic rings. The Morgan fingerprint density at radius 2 is 1.57 bits per heavy atom. The molecule has 0 fully saturated rings. The lowest BCUT2D eigenvalue weighted by Gasteiger charge is -1.90. The van der Waals surface area contributed by atoms with E-state index in [1.165, 1.54) is 0 Å². The van der Waals surface area contributed by atoms with Crippen molar-refractivity contribution in [2.45, 2.75) is 0 Å². The molecular weight excluding hydrogens is 168 g/mol. The van der Waals surface area contributed by atoms with Gasteiger partial charge in [0.25, 0.3) is 0 Å². The zero-order valence-electron chi connectivity index (χ0n) is 2.81. The number of hydrogen-bond acceptors (Lipinski definition) is 2. The first-order chi connectivity index (χ1) is 2.94. The molecule has 0 aliphatic heterocycles. The minimum atomic E-state index is -4.88. The molecule has 0 saturated carbocycles. The Bertz CT molecular complexity index is 138.